The fraction of sp³-hybridized carbons (Fsp3) is 0.333. The van der Waals surface area contributed by atoms with E-state index in [1.807, 2.05) is 43.3 Å². The maximum Gasteiger partial charge on any atom is 0.310 e. The largest absolute Gasteiger partial charge is 0.461 e. The van der Waals surface area contributed by atoms with Gasteiger partial charge in [0.15, 0.2) is 0 Å². The molecule has 1 aliphatic heterocycles. The van der Waals surface area contributed by atoms with Crippen LogP contribution in [0.5, 0.6) is 0 Å². The van der Waals surface area contributed by atoms with Crippen molar-refractivity contribution in [2.45, 2.75) is 38.3 Å². The minimum atomic E-state index is -0.275. The molecule has 39 heavy (non-hydrogen) atoms. The molecule has 0 aromatic heterocycles. The van der Waals surface area contributed by atoms with Gasteiger partial charge in [-0.15, -0.1) is 0 Å². The lowest BCUT2D eigenvalue weighted by atomic mass is 10.0. The number of nitrogens with two attached hydrogens (primary N) is 1. The number of likely N-dealkylation sites (N-methyl/N-ethyl adjacent to an activating group) is 1. The third-order valence-electron chi connectivity index (χ3n) is 7.04. The summed E-state index contributed by atoms with van der Waals surface area (Å²) in [5, 5.41) is 1.50. The molecule has 1 heterocycles. The van der Waals surface area contributed by atoms with Crippen LogP contribution in [-0.4, -0.2) is 54.5 Å². The van der Waals surface area contributed by atoms with Gasteiger partial charge in [-0.3, -0.25) is 14.5 Å². The second-order valence-electron chi connectivity index (χ2n) is 10.0. The topological polar surface area (TPSA) is 75.9 Å². The predicted octanol–water partition coefficient (Wildman–Crippen LogP) is 6.14. The normalized spacial score (nSPS) is 16.2. The number of nitrogens with zero attached hydrogens (tertiary/aromatic N) is 2. The van der Waals surface area contributed by atoms with Crippen LogP contribution in [0, 0.1) is 6.92 Å². The molecule has 3 aromatic rings. The van der Waals surface area contributed by atoms with Crippen molar-refractivity contribution >= 4 is 52.4 Å². The Morgan fingerprint density at radius 3 is 2.44 bits per heavy atom. The van der Waals surface area contributed by atoms with Crippen LogP contribution in [-0.2, 0) is 27.2 Å². The Morgan fingerprint density at radius 1 is 1.00 bits per heavy atom. The standard InChI is InChI=1S/C30H32Cl3N3O3/c1-19-6-7-21(12-26(19)32)15-30(38)39-24-10-11-36(17-24)18-28(22-4-3-5-23(34)16-22)35(2)29(37)14-20-8-9-25(31)27(33)13-20/h3-9,12-13,16,24,28H,10-11,14-15,17-18,34H2,1-2H3/t24-,28+/m0/s1. The Kier molecular flexibility index (Phi) is 9.78. The molecule has 0 aliphatic carbocycles. The summed E-state index contributed by atoms with van der Waals surface area (Å²) in [7, 11) is 1.80. The molecule has 0 spiro atoms. The molecule has 1 amide bonds. The summed E-state index contributed by atoms with van der Waals surface area (Å²) in [5.74, 6) is -0.331. The van der Waals surface area contributed by atoms with Gasteiger partial charge in [-0.2, -0.15) is 0 Å². The van der Waals surface area contributed by atoms with Crippen molar-refractivity contribution in [2.75, 3.05) is 32.4 Å². The van der Waals surface area contributed by atoms with Gasteiger partial charge in [0.1, 0.15) is 6.10 Å². The van der Waals surface area contributed by atoms with Gasteiger partial charge in [0.2, 0.25) is 5.91 Å². The van der Waals surface area contributed by atoms with Crippen molar-refractivity contribution in [1.82, 2.24) is 9.80 Å². The molecule has 3 aromatic carbocycles. The minimum absolute atomic E-state index is 0.0558. The first-order valence-electron chi connectivity index (χ1n) is 12.8. The number of halogens is 3. The first kappa shape index (κ1) is 29.2. The zero-order chi connectivity index (χ0) is 28.1. The summed E-state index contributed by atoms with van der Waals surface area (Å²) in [5.41, 5.74) is 10.2. The Labute approximate surface area is 244 Å². The Morgan fingerprint density at radius 2 is 1.72 bits per heavy atom. The van der Waals surface area contributed by atoms with Gasteiger partial charge in [0.05, 0.1) is 28.9 Å². The average molecular weight is 589 g/mol. The summed E-state index contributed by atoms with van der Waals surface area (Å²) >= 11 is 18.4. The molecule has 1 fully saturated rings. The van der Waals surface area contributed by atoms with Crippen molar-refractivity contribution in [1.29, 1.82) is 0 Å². The summed E-state index contributed by atoms with van der Waals surface area (Å²) in [6.07, 6.45) is 0.881. The monoisotopic (exact) mass is 587 g/mol. The molecule has 4 rings (SSSR count). The molecule has 1 saturated heterocycles. The fourth-order valence-corrected chi connectivity index (χ4v) is 5.31. The highest BCUT2D eigenvalue weighted by molar-refractivity contribution is 6.42. The van der Waals surface area contributed by atoms with Gasteiger partial charge in [-0.1, -0.05) is 65.1 Å². The zero-order valence-corrected chi connectivity index (χ0v) is 24.3. The smallest absolute Gasteiger partial charge is 0.310 e. The van der Waals surface area contributed by atoms with Gasteiger partial charge >= 0.3 is 5.97 Å². The van der Waals surface area contributed by atoms with Crippen LogP contribution < -0.4 is 5.73 Å². The molecule has 2 atom stereocenters. The number of ether oxygens (including phenoxy) is 1. The van der Waals surface area contributed by atoms with Crippen molar-refractivity contribution in [3.63, 3.8) is 0 Å². The number of hydrogen-bond donors (Lipinski definition) is 1. The number of amides is 1. The van der Waals surface area contributed by atoms with Gasteiger partial charge in [0.25, 0.3) is 0 Å². The number of likely N-dealkylation sites (tertiary alicyclic amines) is 1. The summed E-state index contributed by atoms with van der Waals surface area (Å²) in [6, 6.07) is 18.2. The molecule has 1 aliphatic rings. The number of hydrogen-bond acceptors (Lipinski definition) is 5. The summed E-state index contributed by atoms with van der Waals surface area (Å²) in [4.78, 5) is 29.9. The fourth-order valence-electron chi connectivity index (χ4n) is 4.78. The van der Waals surface area contributed by atoms with E-state index in [-0.39, 0.29) is 36.9 Å². The van der Waals surface area contributed by atoms with Crippen LogP contribution in [0.15, 0.2) is 60.7 Å². The maximum atomic E-state index is 13.3. The number of anilines is 1. The minimum Gasteiger partial charge on any atom is -0.461 e. The highest BCUT2D eigenvalue weighted by Crippen LogP contribution is 2.27. The molecule has 0 radical (unpaired) electrons. The van der Waals surface area contributed by atoms with Crippen molar-refractivity contribution in [2.24, 2.45) is 0 Å². The predicted molar refractivity (Wildman–Crippen MR) is 157 cm³/mol. The van der Waals surface area contributed by atoms with Crippen LogP contribution in [0.25, 0.3) is 0 Å². The van der Waals surface area contributed by atoms with E-state index in [9.17, 15) is 9.59 Å². The molecular weight excluding hydrogens is 557 g/mol. The average Bonchev–Trinajstić information content (AvgIpc) is 3.33. The van der Waals surface area contributed by atoms with Crippen LogP contribution >= 0.6 is 34.8 Å². The van der Waals surface area contributed by atoms with E-state index in [1.54, 1.807) is 36.2 Å². The number of rotatable bonds is 9. The Bertz CT molecular complexity index is 1350. The van der Waals surface area contributed by atoms with E-state index in [2.05, 4.69) is 4.90 Å². The molecule has 0 bridgehead atoms. The lowest BCUT2D eigenvalue weighted by Crippen LogP contribution is -2.39. The summed E-state index contributed by atoms with van der Waals surface area (Å²) < 4.78 is 5.78. The van der Waals surface area contributed by atoms with Crippen LogP contribution in [0.2, 0.25) is 15.1 Å². The highest BCUT2D eigenvalue weighted by Gasteiger charge is 2.31. The number of carbonyl (C=O) groups excluding carboxylic acids is 2. The van der Waals surface area contributed by atoms with Gasteiger partial charge in [-0.25, -0.2) is 0 Å². The van der Waals surface area contributed by atoms with Crippen molar-refractivity contribution in [3.8, 4) is 0 Å². The Balaban J connectivity index is 1.40. The van der Waals surface area contributed by atoms with Crippen LogP contribution in [0.1, 0.15) is 34.7 Å². The SMILES string of the molecule is Cc1ccc(CC(=O)O[C@H]2CCN(C[C@H](c3cccc(N)c3)N(C)C(=O)Cc3ccc(Cl)c(Cl)c3)C2)cc1Cl. The third-order valence-corrected chi connectivity index (χ3v) is 8.19. The van der Waals surface area contributed by atoms with Crippen molar-refractivity contribution in [3.05, 3.63) is 98.0 Å². The number of aryl methyl sites for hydroxylation is 1. The second-order valence-corrected chi connectivity index (χ2v) is 11.3. The van der Waals surface area contributed by atoms with E-state index in [0.717, 1.165) is 35.2 Å². The maximum absolute atomic E-state index is 13.3. The molecule has 6 nitrogen and oxygen atoms in total. The quantitative estimate of drug-likeness (QED) is 0.240. The first-order valence-corrected chi connectivity index (χ1v) is 13.9. The molecule has 2 N–H and O–H groups in total. The highest BCUT2D eigenvalue weighted by atomic mass is 35.5. The molecular formula is C30H32Cl3N3O3. The number of esters is 1. The van der Waals surface area contributed by atoms with E-state index in [0.29, 0.717) is 33.8 Å². The van der Waals surface area contributed by atoms with E-state index in [4.69, 9.17) is 45.3 Å². The van der Waals surface area contributed by atoms with E-state index in [1.165, 1.54) is 0 Å². The van der Waals surface area contributed by atoms with Gasteiger partial charge in [-0.05, 0) is 65.9 Å². The number of nitrogen functional groups attached to an aromatic ring is 1. The second kappa shape index (κ2) is 13.1. The van der Waals surface area contributed by atoms with E-state index >= 15 is 0 Å². The lowest BCUT2D eigenvalue weighted by molar-refractivity contribution is -0.147. The first-order chi connectivity index (χ1) is 18.6. The van der Waals surface area contributed by atoms with Crippen molar-refractivity contribution < 1.29 is 14.3 Å². The lowest BCUT2D eigenvalue weighted by Gasteiger charge is -2.32. The summed E-state index contributed by atoms with van der Waals surface area (Å²) in [6.45, 7) is 3.84. The molecule has 9 heteroatoms. The Hall–Kier alpha value is -2.77. The number of benzene rings is 3. The van der Waals surface area contributed by atoms with Crippen LogP contribution in [0.3, 0.4) is 0 Å². The third kappa shape index (κ3) is 7.89. The zero-order valence-electron chi connectivity index (χ0n) is 22.0. The molecule has 0 saturated carbocycles. The number of carbonyl (C=O) groups is 2. The van der Waals surface area contributed by atoms with E-state index < -0.39 is 0 Å². The molecule has 0 unspecified atom stereocenters. The van der Waals surface area contributed by atoms with Crippen LogP contribution in [0.4, 0.5) is 5.69 Å². The molecule has 206 valence electrons. The van der Waals surface area contributed by atoms with Gasteiger partial charge < -0.3 is 15.4 Å². The van der Waals surface area contributed by atoms with Gasteiger partial charge in [0, 0.05) is 37.4 Å².